The summed E-state index contributed by atoms with van der Waals surface area (Å²) in [5.41, 5.74) is -1.98. The number of carbonyl (C=O) groups is 2. The molecule has 7 heteroatoms. The first kappa shape index (κ1) is 14.4. The summed E-state index contributed by atoms with van der Waals surface area (Å²) in [5, 5.41) is 30.0. The van der Waals surface area contributed by atoms with Gasteiger partial charge in [0.05, 0.1) is 12.0 Å². The van der Waals surface area contributed by atoms with Crippen LogP contribution in [0.25, 0.3) is 0 Å². The molecule has 3 unspecified atom stereocenters. The molecular weight excluding hydrogens is 241 g/mol. The van der Waals surface area contributed by atoms with Crippen LogP contribution < -0.4 is 5.32 Å². The van der Waals surface area contributed by atoms with E-state index in [-0.39, 0.29) is 18.6 Å². The van der Waals surface area contributed by atoms with Gasteiger partial charge in [-0.3, -0.25) is 4.79 Å². The van der Waals surface area contributed by atoms with Crippen molar-refractivity contribution in [2.24, 2.45) is 5.92 Å². The fourth-order valence-electron chi connectivity index (χ4n) is 1.64. The quantitative estimate of drug-likeness (QED) is 0.470. The van der Waals surface area contributed by atoms with Crippen LogP contribution >= 0.6 is 0 Å². The number of aliphatic hydroxyl groups is 2. The number of aliphatic hydroxyl groups excluding tert-OH is 2. The van der Waals surface area contributed by atoms with Crippen molar-refractivity contribution < 1.29 is 43.5 Å². The van der Waals surface area contributed by atoms with Gasteiger partial charge in [0.15, 0.2) is 5.54 Å². The summed E-state index contributed by atoms with van der Waals surface area (Å²) in [6.07, 6.45) is -2.78. The third-order valence-electron chi connectivity index (χ3n) is 2.70. The number of nitrogens with one attached hydrogen (secondary N) is 1. The van der Waals surface area contributed by atoms with E-state index >= 15 is 0 Å². The van der Waals surface area contributed by atoms with Gasteiger partial charge < -0.3 is 20.6 Å². The molecule has 0 aromatic heterocycles. The molecule has 1 radical (unpaired) electrons. The molecule has 0 bridgehead atoms. The minimum Gasteiger partial charge on any atom is -0.479 e. The Morgan fingerprint density at radius 3 is 2.20 bits per heavy atom. The molecule has 4 atom stereocenters. The van der Waals surface area contributed by atoms with Gasteiger partial charge in [-0.2, -0.15) is 0 Å². The van der Waals surface area contributed by atoms with Crippen molar-refractivity contribution >= 4 is 11.9 Å². The summed E-state index contributed by atoms with van der Waals surface area (Å²) in [7, 11) is 0. The zero-order chi connectivity index (χ0) is 11.1. The fraction of sp³-hybridized carbons (Fsp3) is 0.750. The summed E-state index contributed by atoms with van der Waals surface area (Å²) < 4.78 is 0. The molecule has 1 heterocycles. The number of aliphatic carboxylic acids is 1. The summed E-state index contributed by atoms with van der Waals surface area (Å²) in [5.74, 6) is -2.83. The average molecular weight is 254 g/mol. The summed E-state index contributed by atoms with van der Waals surface area (Å²) >= 11 is 0. The van der Waals surface area contributed by atoms with Crippen molar-refractivity contribution in [2.75, 3.05) is 0 Å². The standard InChI is InChI=1S/C8H13NO5.V/c1-3-5(11)8(4(2)10,7(13)14)9-6(3)12;/h3-5,10-11H,1-2H3,(H,9,12)(H,13,14);/t3-,4?,5?,8?;/m1./s1. The topological polar surface area (TPSA) is 107 Å². The van der Waals surface area contributed by atoms with Gasteiger partial charge in [-0.05, 0) is 6.92 Å². The van der Waals surface area contributed by atoms with Crippen molar-refractivity contribution in [3.63, 3.8) is 0 Å². The van der Waals surface area contributed by atoms with Gasteiger partial charge >= 0.3 is 5.97 Å². The molecule has 4 N–H and O–H groups in total. The van der Waals surface area contributed by atoms with E-state index in [0.717, 1.165) is 0 Å². The summed E-state index contributed by atoms with van der Waals surface area (Å²) in [4.78, 5) is 22.1. The molecule has 1 fully saturated rings. The van der Waals surface area contributed by atoms with Gasteiger partial charge in [0, 0.05) is 18.6 Å². The predicted octanol–water partition coefficient (Wildman–Crippen LogP) is -1.69. The van der Waals surface area contributed by atoms with E-state index in [0.29, 0.717) is 0 Å². The van der Waals surface area contributed by atoms with E-state index in [1.54, 1.807) is 0 Å². The zero-order valence-corrected chi connectivity index (χ0v) is 9.73. The molecule has 1 aliphatic rings. The molecule has 0 aromatic carbocycles. The van der Waals surface area contributed by atoms with Gasteiger partial charge in [0.25, 0.3) is 0 Å². The van der Waals surface area contributed by atoms with Crippen LogP contribution in [0.3, 0.4) is 0 Å². The molecule has 0 spiro atoms. The Kier molecular flexibility index (Phi) is 4.36. The largest absolute Gasteiger partial charge is 0.479 e. The smallest absolute Gasteiger partial charge is 0.334 e. The van der Waals surface area contributed by atoms with Crippen LogP contribution in [0.2, 0.25) is 0 Å². The van der Waals surface area contributed by atoms with Gasteiger partial charge in [-0.1, -0.05) is 6.92 Å². The monoisotopic (exact) mass is 254 g/mol. The summed E-state index contributed by atoms with van der Waals surface area (Å²) in [6, 6.07) is 0. The molecule has 6 nitrogen and oxygen atoms in total. The van der Waals surface area contributed by atoms with Crippen LogP contribution in [-0.4, -0.2) is 44.9 Å². The first-order valence-electron chi connectivity index (χ1n) is 4.25. The van der Waals surface area contributed by atoms with Gasteiger partial charge in [-0.15, -0.1) is 0 Å². The minimum atomic E-state index is -1.98. The number of hydrogen-bond acceptors (Lipinski definition) is 4. The van der Waals surface area contributed by atoms with Crippen molar-refractivity contribution in [1.82, 2.24) is 5.32 Å². The third kappa shape index (κ3) is 1.90. The van der Waals surface area contributed by atoms with E-state index in [1.807, 2.05) is 0 Å². The zero-order valence-electron chi connectivity index (χ0n) is 8.34. The maximum absolute atomic E-state index is 11.2. The van der Waals surface area contributed by atoms with Crippen LogP contribution in [-0.2, 0) is 28.1 Å². The Labute approximate surface area is 98.6 Å². The van der Waals surface area contributed by atoms with E-state index in [2.05, 4.69) is 5.32 Å². The second-order valence-electron chi connectivity index (χ2n) is 3.57. The van der Waals surface area contributed by atoms with Crippen LogP contribution in [0.1, 0.15) is 13.8 Å². The Bertz CT molecular complexity index is 282. The first-order chi connectivity index (χ1) is 6.34. The number of rotatable bonds is 2. The van der Waals surface area contributed by atoms with Gasteiger partial charge in [-0.25, -0.2) is 4.79 Å². The molecule has 0 aliphatic carbocycles. The van der Waals surface area contributed by atoms with Crippen molar-refractivity contribution in [3.8, 4) is 0 Å². The minimum absolute atomic E-state index is 0. The number of carbonyl (C=O) groups excluding carboxylic acids is 1. The molecule has 1 amide bonds. The Morgan fingerprint density at radius 2 is 2.07 bits per heavy atom. The average Bonchev–Trinajstić information content (AvgIpc) is 2.30. The van der Waals surface area contributed by atoms with Gasteiger partial charge in [0.2, 0.25) is 5.91 Å². The molecular formula is C8H13NO5V. The SMILES string of the molecule is CC(O)C1(C(=O)O)NC(=O)[C@H](C)C1O.[V]. The summed E-state index contributed by atoms with van der Waals surface area (Å²) in [6.45, 7) is 2.63. The van der Waals surface area contributed by atoms with E-state index in [9.17, 15) is 19.8 Å². The van der Waals surface area contributed by atoms with E-state index in [4.69, 9.17) is 5.11 Å². The van der Waals surface area contributed by atoms with Crippen LogP contribution in [0.15, 0.2) is 0 Å². The van der Waals surface area contributed by atoms with E-state index < -0.39 is 35.5 Å². The molecule has 15 heavy (non-hydrogen) atoms. The Morgan fingerprint density at radius 1 is 1.60 bits per heavy atom. The molecule has 0 saturated carbocycles. The normalized spacial score (nSPS) is 36.7. The molecule has 0 aromatic rings. The number of amides is 1. The molecule has 85 valence electrons. The maximum atomic E-state index is 11.2. The van der Waals surface area contributed by atoms with Crippen LogP contribution in [0.4, 0.5) is 0 Å². The number of hydrogen-bond donors (Lipinski definition) is 4. The number of carboxylic acids is 1. The third-order valence-corrected chi connectivity index (χ3v) is 2.70. The van der Waals surface area contributed by atoms with Crippen LogP contribution in [0.5, 0.6) is 0 Å². The first-order valence-corrected chi connectivity index (χ1v) is 4.25. The number of carboxylic acid groups (broad SMARTS) is 1. The predicted molar refractivity (Wildman–Crippen MR) is 45.4 cm³/mol. The van der Waals surface area contributed by atoms with Crippen molar-refractivity contribution in [1.29, 1.82) is 0 Å². The second kappa shape index (κ2) is 4.53. The second-order valence-corrected chi connectivity index (χ2v) is 3.57. The van der Waals surface area contributed by atoms with Crippen LogP contribution in [0, 0.1) is 5.92 Å². The van der Waals surface area contributed by atoms with Crippen molar-refractivity contribution in [2.45, 2.75) is 31.6 Å². The fourth-order valence-corrected chi connectivity index (χ4v) is 1.64. The molecule has 1 aliphatic heterocycles. The maximum Gasteiger partial charge on any atom is 0.334 e. The van der Waals surface area contributed by atoms with Gasteiger partial charge in [0.1, 0.15) is 6.10 Å². The Balaban J connectivity index is 0.00000196. The Hall–Kier alpha value is -0.556. The van der Waals surface area contributed by atoms with Crippen molar-refractivity contribution in [3.05, 3.63) is 0 Å². The van der Waals surface area contributed by atoms with E-state index in [1.165, 1.54) is 13.8 Å². The molecule has 1 rings (SSSR count). The molecule has 1 saturated heterocycles.